The summed E-state index contributed by atoms with van der Waals surface area (Å²) in [4.78, 5) is 0. The maximum absolute atomic E-state index is 6.10. The van der Waals surface area contributed by atoms with E-state index in [0.717, 1.165) is 5.69 Å². The lowest BCUT2D eigenvalue weighted by molar-refractivity contribution is 0.590. The highest BCUT2D eigenvalue weighted by Crippen LogP contribution is 2.09. The van der Waals surface area contributed by atoms with Gasteiger partial charge in [-0.3, -0.25) is 0 Å². The maximum atomic E-state index is 6.10. The van der Waals surface area contributed by atoms with Crippen molar-refractivity contribution in [3.05, 3.63) is 24.3 Å². The lowest BCUT2D eigenvalue weighted by Gasteiger charge is -2.26. The molecule has 0 heterocycles. The topological polar surface area (TPSA) is 35.2 Å². The maximum Gasteiger partial charge on any atom is 0.205 e. The van der Waals surface area contributed by atoms with E-state index < -0.39 is 17.4 Å². The summed E-state index contributed by atoms with van der Waals surface area (Å²) < 4.78 is 6.10. The molecule has 0 aromatic heterocycles. The predicted molar refractivity (Wildman–Crippen MR) is 67.9 cm³/mol. The van der Waals surface area contributed by atoms with Crippen LogP contribution in [0.25, 0.3) is 0 Å². The van der Waals surface area contributed by atoms with Crippen LogP contribution in [0.3, 0.4) is 0 Å². The number of nitrogen functional groups attached to an aromatic ring is 1. The number of nitrogens with two attached hydrogens (primary N) is 1. The van der Waals surface area contributed by atoms with Crippen molar-refractivity contribution in [1.29, 1.82) is 0 Å². The molecular weight excluding hydrogens is 206 g/mol. The monoisotopic (exact) mass is 225 g/mol. The van der Waals surface area contributed by atoms with Gasteiger partial charge >= 0.3 is 0 Å². The first-order valence-corrected chi connectivity index (χ1v) is 10.6. The Balaban J connectivity index is 2.91. The van der Waals surface area contributed by atoms with E-state index in [1.807, 2.05) is 18.2 Å². The van der Waals surface area contributed by atoms with Crippen LogP contribution < -0.4 is 10.9 Å². The highest BCUT2D eigenvalue weighted by molar-refractivity contribution is 6.88. The van der Waals surface area contributed by atoms with Gasteiger partial charge in [0.1, 0.15) is 0 Å². The molecule has 0 aliphatic rings. The fourth-order valence-electron chi connectivity index (χ4n) is 1.57. The summed E-state index contributed by atoms with van der Waals surface area (Å²) in [6, 6.07) is 8.09. The average Bonchev–Trinajstić information content (AvgIpc) is 2.01. The van der Waals surface area contributed by atoms with Gasteiger partial charge in [-0.05, 0) is 43.5 Å². The molecule has 0 fully saturated rings. The molecule has 2 N–H and O–H groups in total. The van der Waals surface area contributed by atoms with Gasteiger partial charge in [-0.25, -0.2) is 0 Å². The van der Waals surface area contributed by atoms with E-state index in [1.165, 1.54) is 5.19 Å². The molecule has 0 aliphatic carbocycles. The highest BCUT2D eigenvalue weighted by Gasteiger charge is 2.26. The Labute approximate surface area is 88.9 Å². The quantitative estimate of drug-likeness (QED) is 0.627. The zero-order chi connectivity index (χ0) is 10.8. The van der Waals surface area contributed by atoms with Crippen LogP contribution in [-0.2, 0) is 4.12 Å². The second-order valence-electron chi connectivity index (χ2n) is 4.30. The molecule has 0 bridgehead atoms. The van der Waals surface area contributed by atoms with Crippen molar-refractivity contribution in [3.63, 3.8) is 0 Å². The Kier molecular flexibility index (Phi) is 3.52. The molecule has 0 amide bonds. The van der Waals surface area contributed by atoms with E-state index in [2.05, 4.69) is 32.3 Å². The molecule has 0 atom stereocenters. The summed E-state index contributed by atoms with van der Waals surface area (Å²) in [6.07, 6.45) is 0. The SMILES string of the molecule is C[SiH](C)O[Si](C)(C)c1cccc(N)c1. The van der Waals surface area contributed by atoms with E-state index in [4.69, 9.17) is 9.85 Å². The van der Waals surface area contributed by atoms with Gasteiger partial charge in [-0.15, -0.1) is 0 Å². The van der Waals surface area contributed by atoms with E-state index in [0.29, 0.717) is 0 Å². The zero-order valence-corrected chi connectivity index (χ0v) is 11.5. The molecule has 0 spiro atoms. The van der Waals surface area contributed by atoms with Gasteiger partial charge in [0.25, 0.3) is 0 Å². The van der Waals surface area contributed by atoms with Crippen LogP contribution in [0.15, 0.2) is 24.3 Å². The van der Waals surface area contributed by atoms with Gasteiger partial charge < -0.3 is 9.85 Å². The molecule has 14 heavy (non-hydrogen) atoms. The summed E-state index contributed by atoms with van der Waals surface area (Å²) in [5, 5.41) is 1.29. The fraction of sp³-hybridized carbons (Fsp3) is 0.400. The van der Waals surface area contributed by atoms with Crippen LogP contribution >= 0.6 is 0 Å². The van der Waals surface area contributed by atoms with Gasteiger partial charge in [0.15, 0.2) is 9.04 Å². The Morgan fingerprint density at radius 3 is 2.43 bits per heavy atom. The van der Waals surface area contributed by atoms with Crippen LogP contribution in [0, 0.1) is 0 Å². The Morgan fingerprint density at radius 1 is 1.29 bits per heavy atom. The number of benzene rings is 1. The molecule has 1 aromatic rings. The minimum absolute atomic E-state index is 0.831. The summed E-state index contributed by atoms with van der Waals surface area (Å²) >= 11 is 0. The molecule has 78 valence electrons. The summed E-state index contributed by atoms with van der Waals surface area (Å²) in [5.41, 5.74) is 6.59. The van der Waals surface area contributed by atoms with E-state index in [-0.39, 0.29) is 0 Å². The molecule has 0 saturated heterocycles. The highest BCUT2D eigenvalue weighted by atomic mass is 28.4. The van der Waals surface area contributed by atoms with Crippen molar-refractivity contribution in [2.24, 2.45) is 0 Å². The number of hydrogen-bond donors (Lipinski definition) is 1. The standard InChI is InChI=1S/C10H19NOSi2/c1-13(2)12-14(3,4)10-7-5-6-9(11)8-10/h5-8,13H,11H2,1-4H3. The zero-order valence-electron chi connectivity index (χ0n) is 9.37. The van der Waals surface area contributed by atoms with Crippen molar-refractivity contribution >= 4 is 28.2 Å². The van der Waals surface area contributed by atoms with Gasteiger partial charge in [0, 0.05) is 5.69 Å². The minimum atomic E-state index is -1.69. The normalized spacial score (nSPS) is 12.1. The van der Waals surface area contributed by atoms with Crippen molar-refractivity contribution in [1.82, 2.24) is 0 Å². The molecule has 0 unspecified atom stereocenters. The average molecular weight is 225 g/mol. The molecule has 4 heteroatoms. The molecule has 0 radical (unpaired) electrons. The van der Waals surface area contributed by atoms with Gasteiger partial charge in [0.2, 0.25) is 8.32 Å². The van der Waals surface area contributed by atoms with Crippen LogP contribution in [0.5, 0.6) is 0 Å². The molecule has 2 nitrogen and oxygen atoms in total. The van der Waals surface area contributed by atoms with Gasteiger partial charge in [-0.1, -0.05) is 12.1 Å². The second kappa shape index (κ2) is 4.29. The van der Waals surface area contributed by atoms with Crippen molar-refractivity contribution in [3.8, 4) is 0 Å². The Hall–Kier alpha value is -0.586. The first-order valence-electron chi connectivity index (χ1n) is 4.95. The van der Waals surface area contributed by atoms with E-state index in [1.54, 1.807) is 0 Å². The number of hydrogen-bond acceptors (Lipinski definition) is 2. The lowest BCUT2D eigenvalue weighted by atomic mass is 10.3. The van der Waals surface area contributed by atoms with Gasteiger partial charge in [0.05, 0.1) is 0 Å². The first-order chi connectivity index (χ1) is 6.42. The van der Waals surface area contributed by atoms with Crippen molar-refractivity contribution in [2.75, 3.05) is 5.73 Å². The van der Waals surface area contributed by atoms with Crippen molar-refractivity contribution in [2.45, 2.75) is 26.2 Å². The summed E-state index contributed by atoms with van der Waals surface area (Å²) in [7, 11) is -2.65. The van der Waals surface area contributed by atoms with Gasteiger partial charge in [-0.2, -0.15) is 0 Å². The second-order valence-corrected chi connectivity index (χ2v) is 10.9. The van der Waals surface area contributed by atoms with Crippen LogP contribution in [0.2, 0.25) is 26.2 Å². The first kappa shape index (κ1) is 11.5. The Morgan fingerprint density at radius 2 is 1.93 bits per heavy atom. The molecular formula is C10H19NOSi2. The summed E-state index contributed by atoms with van der Waals surface area (Å²) in [6.45, 7) is 8.88. The number of anilines is 1. The number of rotatable bonds is 3. The molecule has 1 rings (SSSR count). The summed E-state index contributed by atoms with van der Waals surface area (Å²) in [5.74, 6) is 0. The van der Waals surface area contributed by atoms with E-state index >= 15 is 0 Å². The largest absolute Gasteiger partial charge is 0.455 e. The smallest absolute Gasteiger partial charge is 0.205 e. The lowest BCUT2D eigenvalue weighted by Crippen LogP contribution is -2.47. The molecule has 0 aliphatic heterocycles. The van der Waals surface area contributed by atoms with Crippen molar-refractivity contribution < 1.29 is 4.12 Å². The fourth-order valence-corrected chi connectivity index (χ4v) is 7.84. The minimum Gasteiger partial charge on any atom is -0.455 e. The third-order valence-corrected chi connectivity index (χ3v) is 8.06. The predicted octanol–water partition coefficient (Wildman–Crippen LogP) is 1.68. The van der Waals surface area contributed by atoms with Crippen LogP contribution in [0.1, 0.15) is 0 Å². The third-order valence-electron chi connectivity index (χ3n) is 2.11. The molecule has 1 aromatic carbocycles. The van der Waals surface area contributed by atoms with Crippen LogP contribution in [0.4, 0.5) is 5.69 Å². The third kappa shape index (κ3) is 2.97. The van der Waals surface area contributed by atoms with E-state index in [9.17, 15) is 0 Å². The molecule has 0 saturated carbocycles. The Bertz CT molecular complexity index is 313. The van der Waals surface area contributed by atoms with Crippen LogP contribution in [-0.4, -0.2) is 17.4 Å².